The molecule has 2 aromatic rings. The van der Waals surface area contributed by atoms with E-state index in [9.17, 15) is 0 Å². The Kier molecular flexibility index (Phi) is 10.6. The van der Waals surface area contributed by atoms with Crippen LogP contribution in [0.4, 0.5) is 5.82 Å². The normalized spacial score (nSPS) is 14.4. The summed E-state index contributed by atoms with van der Waals surface area (Å²) >= 11 is 1.79. The van der Waals surface area contributed by atoms with E-state index in [1.54, 1.807) is 11.3 Å². The summed E-state index contributed by atoms with van der Waals surface area (Å²) in [6.45, 7) is 9.72. The lowest BCUT2D eigenvalue weighted by molar-refractivity contribution is 0.122. The molecule has 9 heteroatoms. The van der Waals surface area contributed by atoms with Crippen molar-refractivity contribution < 1.29 is 4.74 Å². The summed E-state index contributed by atoms with van der Waals surface area (Å²) < 4.78 is 5.46. The number of nitrogens with zero attached hydrogens (tertiary/aromatic N) is 4. The van der Waals surface area contributed by atoms with Gasteiger partial charge < -0.3 is 20.3 Å². The van der Waals surface area contributed by atoms with Gasteiger partial charge >= 0.3 is 0 Å². The van der Waals surface area contributed by atoms with Gasteiger partial charge in [0.2, 0.25) is 0 Å². The molecule has 160 valence electrons. The summed E-state index contributed by atoms with van der Waals surface area (Å²) in [7, 11) is 0. The number of nitrogens with one attached hydrogen (secondary N) is 2. The highest BCUT2D eigenvalue weighted by atomic mass is 127. The number of guanidine groups is 1. The topological polar surface area (TPSA) is 74.7 Å². The molecule has 1 saturated heterocycles. The van der Waals surface area contributed by atoms with Crippen LogP contribution in [0.1, 0.15) is 29.3 Å². The number of hydrogen-bond acceptors (Lipinski definition) is 6. The molecule has 29 heavy (non-hydrogen) atoms. The third kappa shape index (κ3) is 7.38. The fraction of sp³-hybridized carbons (Fsp3) is 0.550. The van der Waals surface area contributed by atoms with Gasteiger partial charge in [-0.25, -0.2) is 15.0 Å². The quantitative estimate of drug-likeness (QED) is 0.311. The predicted molar refractivity (Wildman–Crippen MR) is 131 cm³/mol. The molecule has 2 aromatic heterocycles. The molecule has 1 aliphatic rings. The van der Waals surface area contributed by atoms with Crippen LogP contribution in [0.15, 0.2) is 29.5 Å². The van der Waals surface area contributed by atoms with Crippen LogP contribution in [-0.2, 0) is 24.1 Å². The van der Waals surface area contributed by atoms with Crippen molar-refractivity contribution in [2.75, 3.05) is 44.3 Å². The average Bonchev–Trinajstić information content (AvgIpc) is 3.21. The highest BCUT2D eigenvalue weighted by molar-refractivity contribution is 14.0. The van der Waals surface area contributed by atoms with E-state index in [1.807, 2.05) is 18.5 Å². The van der Waals surface area contributed by atoms with Gasteiger partial charge in [-0.2, -0.15) is 0 Å². The SMILES string of the molecule is CCNC(=NCc1cccnc1N1CCOCC1)NCCc1ncc(CC)s1.I. The predicted octanol–water partition coefficient (Wildman–Crippen LogP) is 2.85. The lowest BCUT2D eigenvalue weighted by Gasteiger charge is -2.29. The minimum Gasteiger partial charge on any atom is -0.378 e. The van der Waals surface area contributed by atoms with Gasteiger partial charge in [-0.3, -0.25) is 0 Å². The van der Waals surface area contributed by atoms with E-state index in [-0.39, 0.29) is 24.0 Å². The fourth-order valence-corrected chi connectivity index (χ4v) is 3.90. The highest BCUT2D eigenvalue weighted by Gasteiger charge is 2.15. The number of thiazole rings is 1. The van der Waals surface area contributed by atoms with Gasteiger partial charge in [0, 0.05) is 55.4 Å². The molecule has 0 aliphatic carbocycles. The van der Waals surface area contributed by atoms with Gasteiger partial charge in [0.05, 0.1) is 24.8 Å². The first-order chi connectivity index (χ1) is 13.8. The lowest BCUT2D eigenvalue weighted by atomic mass is 10.2. The zero-order valence-electron chi connectivity index (χ0n) is 17.2. The van der Waals surface area contributed by atoms with Crippen LogP contribution in [0.2, 0.25) is 0 Å². The third-order valence-electron chi connectivity index (χ3n) is 4.51. The number of halogens is 1. The monoisotopic (exact) mass is 530 g/mol. The zero-order valence-corrected chi connectivity index (χ0v) is 20.3. The number of aliphatic imine (C=N–C) groups is 1. The highest BCUT2D eigenvalue weighted by Crippen LogP contribution is 2.19. The van der Waals surface area contributed by atoms with E-state index in [0.717, 1.165) is 69.6 Å². The molecular weight excluding hydrogens is 499 g/mol. The molecule has 3 rings (SSSR count). The molecule has 7 nitrogen and oxygen atoms in total. The Morgan fingerprint density at radius 2 is 2.07 bits per heavy atom. The fourth-order valence-electron chi connectivity index (χ4n) is 3.03. The molecular formula is C20H31IN6OS. The summed E-state index contributed by atoms with van der Waals surface area (Å²) in [6, 6.07) is 4.08. The van der Waals surface area contributed by atoms with Crippen LogP contribution < -0.4 is 15.5 Å². The van der Waals surface area contributed by atoms with Gasteiger partial charge in [0.15, 0.2) is 5.96 Å². The number of morpholine rings is 1. The number of anilines is 1. The van der Waals surface area contributed by atoms with E-state index in [0.29, 0.717) is 6.54 Å². The van der Waals surface area contributed by atoms with Gasteiger partial charge in [0.1, 0.15) is 5.82 Å². The van der Waals surface area contributed by atoms with E-state index in [4.69, 9.17) is 9.73 Å². The number of aromatic nitrogens is 2. The summed E-state index contributed by atoms with van der Waals surface area (Å²) in [5.74, 6) is 1.84. The van der Waals surface area contributed by atoms with Crippen LogP contribution in [0, 0.1) is 0 Å². The molecule has 0 amide bonds. The van der Waals surface area contributed by atoms with Crippen molar-refractivity contribution in [1.29, 1.82) is 0 Å². The molecule has 2 N–H and O–H groups in total. The second-order valence-corrected chi connectivity index (χ2v) is 7.73. The maximum absolute atomic E-state index is 5.46. The Hall–Kier alpha value is -1.46. The number of hydrogen-bond donors (Lipinski definition) is 2. The van der Waals surface area contributed by atoms with Crippen LogP contribution >= 0.6 is 35.3 Å². The molecule has 0 radical (unpaired) electrons. The van der Waals surface area contributed by atoms with Gasteiger partial charge in [-0.15, -0.1) is 35.3 Å². The first-order valence-electron chi connectivity index (χ1n) is 10.0. The van der Waals surface area contributed by atoms with Crippen molar-refractivity contribution in [2.45, 2.75) is 33.2 Å². The first-order valence-corrected chi connectivity index (χ1v) is 10.8. The molecule has 0 unspecified atom stereocenters. The Bertz CT molecular complexity index is 763. The zero-order chi connectivity index (χ0) is 19.6. The smallest absolute Gasteiger partial charge is 0.191 e. The Labute approximate surface area is 194 Å². The summed E-state index contributed by atoms with van der Waals surface area (Å²) in [5.41, 5.74) is 1.13. The van der Waals surface area contributed by atoms with Crippen molar-refractivity contribution in [3.8, 4) is 0 Å². The second kappa shape index (κ2) is 13.0. The van der Waals surface area contributed by atoms with Crippen LogP contribution in [-0.4, -0.2) is 55.3 Å². The van der Waals surface area contributed by atoms with Crippen LogP contribution in [0.25, 0.3) is 0 Å². The molecule has 0 spiro atoms. The molecule has 0 atom stereocenters. The Morgan fingerprint density at radius 3 is 2.79 bits per heavy atom. The second-order valence-electron chi connectivity index (χ2n) is 6.53. The standard InChI is InChI=1S/C20H30N6OS.HI/c1-3-17-15-24-18(28-17)7-9-23-20(21-4-2)25-14-16-6-5-8-22-19(16)26-10-12-27-13-11-26;/h5-6,8,15H,3-4,7,9-14H2,1-2H3,(H2,21,23,25);1H. The van der Waals surface area contributed by atoms with Crippen molar-refractivity contribution in [2.24, 2.45) is 4.99 Å². The maximum Gasteiger partial charge on any atom is 0.191 e. The van der Waals surface area contributed by atoms with Crippen molar-refractivity contribution in [3.63, 3.8) is 0 Å². The first kappa shape index (κ1) is 23.8. The van der Waals surface area contributed by atoms with Gasteiger partial charge in [-0.05, 0) is 19.4 Å². The summed E-state index contributed by atoms with van der Waals surface area (Å²) in [5, 5.41) is 7.91. The average molecular weight is 530 g/mol. The lowest BCUT2D eigenvalue weighted by Crippen LogP contribution is -2.38. The number of rotatable bonds is 8. The molecule has 1 fully saturated rings. The molecule has 0 aromatic carbocycles. The Morgan fingerprint density at radius 1 is 1.24 bits per heavy atom. The number of aryl methyl sites for hydroxylation is 1. The minimum atomic E-state index is 0. The summed E-state index contributed by atoms with van der Waals surface area (Å²) in [4.78, 5) is 17.5. The molecule has 0 bridgehead atoms. The number of pyridine rings is 1. The van der Waals surface area contributed by atoms with E-state index in [1.165, 1.54) is 9.88 Å². The third-order valence-corrected chi connectivity index (χ3v) is 5.71. The van der Waals surface area contributed by atoms with E-state index in [2.05, 4.69) is 45.4 Å². The maximum atomic E-state index is 5.46. The molecule has 0 saturated carbocycles. The number of ether oxygens (including phenoxy) is 1. The minimum absolute atomic E-state index is 0. The molecule has 3 heterocycles. The van der Waals surface area contributed by atoms with Crippen LogP contribution in [0.5, 0.6) is 0 Å². The van der Waals surface area contributed by atoms with Crippen LogP contribution in [0.3, 0.4) is 0 Å². The van der Waals surface area contributed by atoms with Crippen molar-refractivity contribution >= 4 is 47.1 Å². The van der Waals surface area contributed by atoms with Gasteiger partial charge in [0.25, 0.3) is 0 Å². The van der Waals surface area contributed by atoms with E-state index < -0.39 is 0 Å². The summed E-state index contributed by atoms with van der Waals surface area (Å²) in [6.07, 6.45) is 5.78. The van der Waals surface area contributed by atoms with Crippen molar-refractivity contribution in [1.82, 2.24) is 20.6 Å². The Balaban J connectivity index is 0.00000300. The van der Waals surface area contributed by atoms with Gasteiger partial charge in [-0.1, -0.05) is 13.0 Å². The largest absolute Gasteiger partial charge is 0.378 e. The van der Waals surface area contributed by atoms with E-state index >= 15 is 0 Å². The van der Waals surface area contributed by atoms with Crippen molar-refractivity contribution in [3.05, 3.63) is 40.0 Å². The molecule has 1 aliphatic heterocycles.